The summed E-state index contributed by atoms with van der Waals surface area (Å²) in [5.41, 5.74) is 7.46. The van der Waals surface area contributed by atoms with Gasteiger partial charge in [0.1, 0.15) is 0 Å². The summed E-state index contributed by atoms with van der Waals surface area (Å²) in [4.78, 5) is 11.5. The van der Waals surface area contributed by atoms with E-state index in [4.69, 9.17) is 5.73 Å². The molecule has 0 unspecified atom stereocenters. The van der Waals surface area contributed by atoms with Crippen molar-refractivity contribution in [2.45, 2.75) is 39.4 Å². The lowest BCUT2D eigenvalue weighted by Crippen LogP contribution is -2.46. The van der Waals surface area contributed by atoms with Gasteiger partial charge in [0, 0.05) is 18.6 Å². The van der Waals surface area contributed by atoms with Crippen molar-refractivity contribution in [2.75, 3.05) is 0 Å². The predicted molar refractivity (Wildman–Crippen MR) is 69.5 cm³/mol. The second-order valence-corrected chi connectivity index (χ2v) is 5.08. The Hall–Kier alpha value is -1.55. The van der Waals surface area contributed by atoms with Crippen LogP contribution < -0.4 is 16.4 Å². The fraction of sp³-hybridized carbons (Fsp3) is 0.462. The van der Waals surface area contributed by atoms with Crippen LogP contribution >= 0.6 is 0 Å². The Morgan fingerprint density at radius 3 is 2.53 bits per heavy atom. The number of nitrogens with two attached hydrogens (primary N) is 1. The number of benzene rings is 1. The maximum absolute atomic E-state index is 11.5. The highest BCUT2D eigenvalue weighted by Crippen LogP contribution is 2.04. The maximum atomic E-state index is 11.5. The van der Waals surface area contributed by atoms with E-state index in [2.05, 4.69) is 10.6 Å². The normalized spacial score (nSPS) is 11.1. The average molecular weight is 235 g/mol. The molecule has 0 fully saturated rings. The molecule has 0 aliphatic carbocycles. The highest BCUT2D eigenvalue weighted by atomic mass is 16.2. The highest BCUT2D eigenvalue weighted by molar-refractivity contribution is 5.74. The molecule has 0 aromatic heterocycles. The minimum absolute atomic E-state index is 0.157. The van der Waals surface area contributed by atoms with Gasteiger partial charge in [0.05, 0.1) is 0 Å². The molecule has 4 N–H and O–H groups in total. The third-order valence-electron chi connectivity index (χ3n) is 2.17. The van der Waals surface area contributed by atoms with E-state index >= 15 is 0 Å². The lowest BCUT2D eigenvalue weighted by atomic mass is 10.1. The number of hydrogen-bond donors (Lipinski definition) is 3. The van der Waals surface area contributed by atoms with Crippen molar-refractivity contribution in [3.63, 3.8) is 0 Å². The fourth-order valence-corrected chi connectivity index (χ4v) is 1.43. The monoisotopic (exact) mass is 235 g/mol. The minimum atomic E-state index is -0.219. The number of nitrogens with one attached hydrogen (secondary N) is 2. The van der Waals surface area contributed by atoms with Gasteiger partial charge in [-0.1, -0.05) is 24.3 Å². The molecule has 0 heterocycles. The molecule has 0 saturated heterocycles. The molecule has 94 valence electrons. The molecule has 0 aliphatic heterocycles. The Bertz CT molecular complexity index is 382. The summed E-state index contributed by atoms with van der Waals surface area (Å²) in [6, 6.07) is 7.73. The molecule has 2 amide bonds. The molecule has 1 aromatic carbocycles. The van der Waals surface area contributed by atoms with Gasteiger partial charge in [-0.25, -0.2) is 4.79 Å². The SMILES string of the molecule is CC(C)(C)NC(=O)NCc1cccc(CN)c1. The topological polar surface area (TPSA) is 67.2 Å². The molecule has 0 bridgehead atoms. The molecule has 4 heteroatoms. The lowest BCUT2D eigenvalue weighted by molar-refractivity contribution is 0.231. The van der Waals surface area contributed by atoms with Crippen LogP contribution in [0.5, 0.6) is 0 Å². The van der Waals surface area contributed by atoms with Gasteiger partial charge in [0.2, 0.25) is 0 Å². The average Bonchev–Trinajstić information content (AvgIpc) is 2.24. The summed E-state index contributed by atoms with van der Waals surface area (Å²) >= 11 is 0. The van der Waals surface area contributed by atoms with Gasteiger partial charge in [-0.05, 0) is 31.9 Å². The molecule has 0 atom stereocenters. The van der Waals surface area contributed by atoms with Gasteiger partial charge >= 0.3 is 6.03 Å². The van der Waals surface area contributed by atoms with Crippen LogP contribution in [-0.2, 0) is 13.1 Å². The first kappa shape index (κ1) is 13.5. The van der Waals surface area contributed by atoms with Crippen LogP contribution in [0.15, 0.2) is 24.3 Å². The molecule has 1 aromatic rings. The predicted octanol–water partition coefficient (Wildman–Crippen LogP) is 1.74. The number of carbonyl (C=O) groups excluding carboxylic acids is 1. The number of rotatable bonds is 3. The summed E-state index contributed by atoms with van der Waals surface area (Å²) in [5.74, 6) is 0. The summed E-state index contributed by atoms with van der Waals surface area (Å²) in [6.07, 6.45) is 0. The molecule has 4 nitrogen and oxygen atoms in total. The molecule has 0 spiro atoms. The van der Waals surface area contributed by atoms with Crippen molar-refractivity contribution < 1.29 is 4.79 Å². The smallest absolute Gasteiger partial charge is 0.315 e. The van der Waals surface area contributed by atoms with E-state index in [0.29, 0.717) is 13.1 Å². The number of carbonyl (C=O) groups is 1. The fourth-order valence-electron chi connectivity index (χ4n) is 1.43. The van der Waals surface area contributed by atoms with E-state index in [9.17, 15) is 4.79 Å². The zero-order chi connectivity index (χ0) is 12.9. The first-order valence-electron chi connectivity index (χ1n) is 5.74. The zero-order valence-electron chi connectivity index (χ0n) is 10.7. The first-order chi connectivity index (χ1) is 7.90. The molecule has 0 aliphatic rings. The van der Waals surface area contributed by atoms with Crippen LogP contribution in [0.3, 0.4) is 0 Å². The quantitative estimate of drug-likeness (QED) is 0.747. The first-order valence-corrected chi connectivity index (χ1v) is 5.74. The zero-order valence-corrected chi connectivity index (χ0v) is 10.7. The van der Waals surface area contributed by atoms with Crippen molar-refractivity contribution in [1.29, 1.82) is 0 Å². The Morgan fingerprint density at radius 1 is 1.29 bits per heavy atom. The standard InChI is InChI=1S/C13H21N3O/c1-13(2,3)16-12(17)15-9-11-6-4-5-10(7-11)8-14/h4-7H,8-9,14H2,1-3H3,(H2,15,16,17). The van der Waals surface area contributed by atoms with Crippen LogP contribution in [-0.4, -0.2) is 11.6 Å². The van der Waals surface area contributed by atoms with E-state index in [0.717, 1.165) is 11.1 Å². The Kier molecular flexibility index (Phi) is 4.52. The summed E-state index contributed by atoms with van der Waals surface area (Å²) in [5, 5.41) is 5.66. The van der Waals surface area contributed by atoms with Crippen LogP contribution in [0.1, 0.15) is 31.9 Å². The molecular weight excluding hydrogens is 214 g/mol. The van der Waals surface area contributed by atoms with Gasteiger partial charge in [0.25, 0.3) is 0 Å². The van der Waals surface area contributed by atoms with Gasteiger partial charge in [-0.15, -0.1) is 0 Å². The van der Waals surface area contributed by atoms with E-state index in [-0.39, 0.29) is 11.6 Å². The number of amides is 2. The molecule has 1 rings (SSSR count). The molecular formula is C13H21N3O. The largest absolute Gasteiger partial charge is 0.334 e. The summed E-state index contributed by atoms with van der Waals surface area (Å²) in [7, 11) is 0. The van der Waals surface area contributed by atoms with Gasteiger partial charge in [0.15, 0.2) is 0 Å². The number of urea groups is 1. The molecule has 17 heavy (non-hydrogen) atoms. The minimum Gasteiger partial charge on any atom is -0.334 e. The van der Waals surface area contributed by atoms with Gasteiger partial charge in [-0.2, -0.15) is 0 Å². The maximum Gasteiger partial charge on any atom is 0.315 e. The molecule has 0 radical (unpaired) electrons. The molecule has 0 saturated carbocycles. The van der Waals surface area contributed by atoms with Crippen molar-refractivity contribution in [3.8, 4) is 0 Å². The third-order valence-corrected chi connectivity index (χ3v) is 2.17. The Labute approximate surface area is 103 Å². The van der Waals surface area contributed by atoms with Crippen LogP contribution in [0, 0.1) is 0 Å². The number of hydrogen-bond acceptors (Lipinski definition) is 2. The second-order valence-electron chi connectivity index (χ2n) is 5.08. The highest BCUT2D eigenvalue weighted by Gasteiger charge is 2.12. The van der Waals surface area contributed by atoms with Gasteiger partial charge in [-0.3, -0.25) is 0 Å². The second kappa shape index (κ2) is 5.68. The lowest BCUT2D eigenvalue weighted by Gasteiger charge is -2.20. The Morgan fingerprint density at radius 2 is 1.94 bits per heavy atom. The third kappa shape index (κ3) is 5.36. The van der Waals surface area contributed by atoms with Crippen molar-refractivity contribution in [3.05, 3.63) is 35.4 Å². The van der Waals surface area contributed by atoms with E-state index in [1.165, 1.54) is 0 Å². The summed E-state index contributed by atoms with van der Waals surface area (Å²) in [6.45, 7) is 6.86. The van der Waals surface area contributed by atoms with Crippen molar-refractivity contribution in [2.24, 2.45) is 5.73 Å². The van der Waals surface area contributed by atoms with Crippen molar-refractivity contribution in [1.82, 2.24) is 10.6 Å². The van der Waals surface area contributed by atoms with E-state index in [1.54, 1.807) is 0 Å². The van der Waals surface area contributed by atoms with E-state index in [1.807, 2.05) is 45.0 Å². The van der Waals surface area contributed by atoms with E-state index < -0.39 is 0 Å². The van der Waals surface area contributed by atoms with Crippen LogP contribution in [0.25, 0.3) is 0 Å². The van der Waals surface area contributed by atoms with Crippen LogP contribution in [0.4, 0.5) is 4.79 Å². The van der Waals surface area contributed by atoms with Crippen LogP contribution in [0.2, 0.25) is 0 Å². The van der Waals surface area contributed by atoms with Gasteiger partial charge < -0.3 is 16.4 Å². The van der Waals surface area contributed by atoms with Crippen molar-refractivity contribution >= 4 is 6.03 Å². The Balaban J connectivity index is 2.47. The summed E-state index contributed by atoms with van der Waals surface area (Å²) < 4.78 is 0.